The van der Waals surface area contributed by atoms with Crippen LogP contribution in [0.4, 0.5) is 23.2 Å². The molecule has 102 valence electrons. The van der Waals surface area contributed by atoms with Gasteiger partial charge in [-0.2, -0.15) is 13.2 Å². The van der Waals surface area contributed by atoms with Gasteiger partial charge in [0, 0.05) is 6.04 Å². The number of rotatable bonds is 4. The predicted molar refractivity (Wildman–Crippen MR) is 63.9 cm³/mol. The van der Waals surface area contributed by atoms with Crippen LogP contribution in [0.15, 0.2) is 18.2 Å². The zero-order chi connectivity index (χ0) is 13.9. The molecule has 0 radical (unpaired) electrons. The van der Waals surface area contributed by atoms with Crippen molar-refractivity contribution in [2.45, 2.75) is 39.4 Å². The van der Waals surface area contributed by atoms with Crippen LogP contribution in [0.3, 0.4) is 0 Å². The molecule has 0 aliphatic heterocycles. The van der Waals surface area contributed by atoms with Crippen LogP contribution in [0.1, 0.15) is 32.8 Å². The van der Waals surface area contributed by atoms with Gasteiger partial charge in [0.25, 0.3) is 0 Å². The van der Waals surface area contributed by atoms with Gasteiger partial charge < -0.3 is 5.32 Å². The van der Waals surface area contributed by atoms with E-state index in [0.29, 0.717) is 6.42 Å². The fourth-order valence-corrected chi connectivity index (χ4v) is 1.75. The predicted octanol–water partition coefficient (Wildman–Crippen LogP) is 4.69. The highest BCUT2D eigenvalue weighted by Gasteiger charge is 2.31. The normalized spacial score (nSPS) is 13.8. The van der Waals surface area contributed by atoms with Crippen LogP contribution >= 0.6 is 0 Å². The fraction of sp³-hybridized carbons (Fsp3) is 0.538. The molecule has 1 N–H and O–H groups in total. The molecule has 0 bridgehead atoms. The molecule has 18 heavy (non-hydrogen) atoms. The van der Waals surface area contributed by atoms with Gasteiger partial charge in [-0.25, -0.2) is 4.39 Å². The summed E-state index contributed by atoms with van der Waals surface area (Å²) in [4.78, 5) is 0. The van der Waals surface area contributed by atoms with Crippen molar-refractivity contribution in [1.82, 2.24) is 0 Å². The van der Waals surface area contributed by atoms with Gasteiger partial charge in [-0.05, 0) is 30.5 Å². The van der Waals surface area contributed by atoms with E-state index in [4.69, 9.17) is 0 Å². The first-order valence-electron chi connectivity index (χ1n) is 5.89. The van der Waals surface area contributed by atoms with Gasteiger partial charge in [0.15, 0.2) is 0 Å². The van der Waals surface area contributed by atoms with E-state index >= 15 is 0 Å². The van der Waals surface area contributed by atoms with Crippen molar-refractivity contribution in [1.29, 1.82) is 0 Å². The van der Waals surface area contributed by atoms with Crippen LogP contribution in [-0.4, -0.2) is 6.04 Å². The van der Waals surface area contributed by atoms with Gasteiger partial charge >= 0.3 is 6.18 Å². The summed E-state index contributed by atoms with van der Waals surface area (Å²) in [6, 6.07) is 2.36. The monoisotopic (exact) mass is 263 g/mol. The van der Waals surface area contributed by atoms with Crippen molar-refractivity contribution < 1.29 is 17.6 Å². The Labute approximate surface area is 104 Å². The number of alkyl halides is 3. The molecule has 0 saturated carbocycles. The number of benzene rings is 1. The van der Waals surface area contributed by atoms with Crippen LogP contribution in [0.2, 0.25) is 0 Å². The molecule has 1 nitrogen and oxygen atoms in total. The number of nitrogens with one attached hydrogen (secondary N) is 1. The topological polar surface area (TPSA) is 12.0 Å². The molecule has 1 atom stereocenters. The molecule has 5 heteroatoms. The summed E-state index contributed by atoms with van der Waals surface area (Å²) in [6.45, 7) is 5.78. The van der Waals surface area contributed by atoms with Gasteiger partial charge in [-0.15, -0.1) is 0 Å². The lowest BCUT2D eigenvalue weighted by Gasteiger charge is -2.23. The second kappa shape index (κ2) is 5.59. The van der Waals surface area contributed by atoms with Crippen molar-refractivity contribution in [3.8, 4) is 0 Å². The van der Waals surface area contributed by atoms with Gasteiger partial charge in [0.05, 0.1) is 11.3 Å². The molecule has 0 heterocycles. The lowest BCUT2D eigenvalue weighted by atomic mass is 10.0. The molecule has 1 rings (SSSR count). The van der Waals surface area contributed by atoms with E-state index in [1.807, 2.05) is 20.8 Å². The largest absolute Gasteiger partial charge is 0.416 e. The third-order valence-corrected chi connectivity index (χ3v) is 2.88. The molecule has 0 aromatic heterocycles. The average molecular weight is 263 g/mol. The molecule has 0 aliphatic carbocycles. The smallest absolute Gasteiger partial charge is 0.380 e. The minimum Gasteiger partial charge on any atom is -0.380 e. The van der Waals surface area contributed by atoms with E-state index in [9.17, 15) is 17.6 Å². The van der Waals surface area contributed by atoms with Gasteiger partial charge in [0.2, 0.25) is 0 Å². The van der Waals surface area contributed by atoms with Crippen molar-refractivity contribution in [3.05, 3.63) is 29.6 Å². The van der Waals surface area contributed by atoms with Crippen LogP contribution in [0.5, 0.6) is 0 Å². The van der Waals surface area contributed by atoms with E-state index in [0.717, 1.165) is 18.2 Å². The maximum Gasteiger partial charge on any atom is 0.416 e. The third kappa shape index (κ3) is 3.62. The second-order valence-corrected chi connectivity index (χ2v) is 4.60. The number of hydrogen-bond acceptors (Lipinski definition) is 1. The van der Waals surface area contributed by atoms with Crippen LogP contribution < -0.4 is 5.32 Å². The molecule has 1 aromatic rings. The molecule has 0 spiro atoms. The highest BCUT2D eigenvalue weighted by atomic mass is 19.4. The summed E-state index contributed by atoms with van der Waals surface area (Å²) in [5.74, 6) is -0.453. The maximum absolute atomic E-state index is 13.5. The van der Waals surface area contributed by atoms with Crippen molar-refractivity contribution >= 4 is 5.69 Å². The minimum absolute atomic E-state index is 0.0528. The summed E-state index contributed by atoms with van der Waals surface area (Å²) < 4.78 is 51.1. The first-order valence-corrected chi connectivity index (χ1v) is 5.89. The zero-order valence-electron chi connectivity index (χ0n) is 10.6. The zero-order valence-corrected chi connectivity index (χ0v) is 10.6. The van der Waals surface area contributed by atoms with Crippen molar-refractivity contribution in [3.63, 3.8) is 0 Å². The Balaban J connectivity index is 3.01. The highest BCUT2D eigenvalue weighted by molar-refractivity contribution is 5.48. The van der Waals surface area contributed by atoms with Crippen molar-refractivity contribution in [2.75, 3.05) is 5.32 Å². The Kier molecular flexibility index (Phi) is 4.59. The maximum atomic E-state index is 13.5. The Hall–Kier alpha value is -1.26. The first kappa shape index (κ1) is 14.8. The fourth-order valence-electron chi connectivity index (χ4n) is 1.75. The Morgan fingerprint density at radius 2 is 1.83 bits per heavy atom. The molecule has 0 saturated heterocycles. The lowest BCUT2D eigenvalue weighted by Crippen LogP contribution is -2.25. The SMILES string of the molecule is CCC(Nc1cc(C(F)(F)F)ccc1F)C(C)C. The second-order valence-electron chi connectivity index (χ2n) is 4.60. The molecular formula is C13H17F4N. The third-order valence-electron chi connectivity index (χ3n) is 2.88. The van der Waals surface area contributed by atoms with Gasteiger partial charge in [-0.3, -0.25) is 0 Å². The molecule has 0 aliphatic rings. The average Bonchev–Trinajstić information content (AvgIpc) is 2.25. The Morgan fingerprint density at radius 3 is 2.28 bits per heavy atom. The van der Waals surface area contributed by atoms with E-state index in [2.05, 4.69) is 5.32 Å². The van der Waals surface area contributed by atoms with Crippen LogP contribution in [0, 0.1) is 11.7 Å². The summed E-state index contributed by atoms with van der Waals surface area (Å²) in [6.07, 6.45) is -3.74. The number of anilines is 1. The molecule has 1 unspecified atom stereocenters. The number of halogens is 4. The summed E-state index contributed by atoms with van der Waals surface area (Å²) >= 11 is 0. The quantitative estimate of drug-likeness (QED) is 0.777. The lowest BCUT2D eigenvalue weighted by molar-refractivity contribution is -0.137. The van der Waals surface area contributed by atoms with Gasteiger partial charge in [0.1, 0.15) is 5.82 Å². The Morgan fingerprint density at radius 1 is 1.22 bits per heavy atom. The van der Waals surface area contributed by atoms with Crippen LogP contribution in [0.25, 0.3) is 0 Å². The van der Waals surface area contributed by atoms with E-state index in [-0.39, 0.29) is 17.6 Å². The first-order chi connectivity index (χ1) is 8.25. The van der Waals surface area contributed by atoms with Crippen molar-refractivity contribution in [2.24, 2.45) is 5.92 Å². The standard InChI is InChI=1S/C13H17F4N/c1-4-11(8(2)3)18-12-7-9(13(15,16)17)5-6-10(12)14/h5-8,11,18H,4H2,1-3H3. The molecule has 0 amide bonds. The van der Waals surface area contributed by atoms with Gasteiger partial charge in [-0.1, -0.05) is 20.8 Å². The molecule has 0 fully saturated rings. The minimum atomic E-state index is -4.45. The van der Waals surface area contributed by atoms with Crippen LogP contribution in [-0.2, 0) is 6.18 Å². The summed E-state index contributed by atoms with van der Waals surface area (Å²) in [5.41, 5.74) is -0.935. The Bertz CT molecular complexity index is 398. The van der Waals surface area contributed by atoms with E-state index in [1.165, 1.54) is 0 Å². The summed E-state index contributed by atoms with van der Waals surface area (Å²) in [5, 5.41) is 2.83. The molecule has 1 aromatic carbocycles. The van der Waals surface area contributed by atoms with E-state index < -0.39 is 17.6 Å². The summed E-state index contributed by atoms with van der Waals surface area (Å²) in [7, 11) is 0. The molecular weight excluding hydrogens is 246 g/mol. The number of hydrogen-bond donors (Lipinski definition) is 1. The highest BCUT2D eigenvalue weighted by Crippen LogP contribution is 2.32. The van der Waals surface area contributed by atoms with E-state index in [1.54, 1.807) is 0 Å².